The van der Waals surface area contributed by atoms with Gasteiger partial charge in [-0.25, -0.2) is 0 Å². The average molecular weight is 406 g/mol. The summed E-state index contributed by atoms with van der Waals surface area (Å²) in [6.45, 7) is 2.71. The van der Waals surface area contributed by atoms with Gasteiger partial charge in [-0.1, -0.05) is 18.6 Å². The van der Waals surface area contributed by atoms with Crippen molar-refractivity contribution in [3.8, 4) is 0 Å². The van der Waals surface area contributed by atoms with Crippen LogP contribution in [0.25, 0.3) is 10.9 Å². The van der Waals surface area contributed by atoms with E-state index < -0.39 is 5.91 Å². The number of primary amides is 1. The molecule has 1 aliphatic heterocycles. The first-order valence-corrected chi connectivity index (χ1v) is 10.6. The van der Waals surface area contributed by atoms with Crippen LogP contribution >= 0.6 is 0 Å². The zero-order valence-corrected chi connectivity index (χ0v) is 17.2. The fraction of sp³-hybridized carbons (Fsp3) is 0.435. The van der Waals surface area contributed by atoms with Crippen molar-refractivity contribution < 1.29 is 9.53 Å². The number of pyridine rings is 1. The fourth-order valence-corrected chi connectivity index (χ4v) is 5.75. The number of rotatable bonds is 5. The summed E-state index contributed by atoms with van der Waals surface area (Å²) in [6, 6.07) is 9.74. The van der Waals surface area contributed by atoms with Gasteiger partial charge in [-0.15, -0.1) is 0 Å². The molecule has 7 heteroatoms. The molecule has 3 N–H and O–H groups in total. The summed E-state index contributed by atoms with van der Waals surface area (Å²) < 4.78 is 6.31. The minimum Gasteiger partial charge on any atom is -0.373 e. The van der Waals surface area contributed by atoms with Crippen molar-refractivity contribution in [1.82, 2.24) is 20.1 Å². The molecule has 2 unspecified atom stereocenters. The van der Waals surface area contributed by atoms with Gasteiger partial charge in [-0.2, -0.15) is 5.10 Å². The lowest BCUT2D eigenvalue weighted by Gasteiger charge is -2.55. The van der Waals surface area contributed by atoms with Gasteiger partial charge in [0, 0.05) is 55.7 Å². The number of likely N-dealkylation sites (tertiary alicyclic amines) is 1. The largest absolute Gasteiger partial charge is 0.373 e. The normalized spacial score (nSPS) is 26.7. The highest BCUT2D eigenvalue weighted by molar-refractivity contribution is 5.93. The van der Waals surface area contributed by atoms with Gasteiger partial charge in [0.05, 0.1) is 11.9 Å². The zero-order chi connectivity index (χ0) is 20.7. The molecule has 2 atom stereocenters. The number of nitrogens with one attached hydrogen (secondary N) is 1. The molecule has 1 aromatic carbocycles. The number of H-pyrrole nitrogens is 1. The summed E-state index contributed by atoms with van der Waals surface area (Å²) in [4.78, 5) is 18.4. The van der Waals surface area contributed by atoms with Crippen molar-refractivity contribution in [3.05, 3.63) is 59.5 Å². The lowest BCUT2D eigenvalue weighted by atomic mass is 9.62. The maximum absolute atomic E-state index is 11.8. The number of ether oxygens (including phenoxy) is 1. The SMILES string of the molecule is COC1(c2cccc(C(N)=O)c2)C2CCCC1CN(Cc1[nH]nc3cnccc13)C2. The Morgan fingerprint density at radius 2 is 2.10 bits per heavy atom. The Morgan fingerprint density at radius 1 is 1.30 bits per heavy atom. The molecular weight excluding hydrogens is 378 g/mol. The predicted octanol–water partition coefficient (Wildman–Crippen LogP) is 2.83. The first kappa shape index (κ1) is 19.2. The molecule has 1 aliphatic carbocycles. The van der Waals surface area contributed by atoms with Gasteiger partial charge in [0.15, 0.2) is 0 Å². The topological polar surface area (TPSA) is 97.1 Å². The monoisotopic (exact) mass is 405 g/mol. The van der Waals surface area contributed by atoms with Gasteiger partial charge in [0.25, 0.3) is 0 Å². The van der Waals surface area contributed by atoms with E-state index in [2.05, 4.69) is 26.1 Å². The second kappa shape index (κ2) is 7.49. The van der Waals surface area contributed by atoms with Gasteiger partial charge >= 0.3 is 0 Å². The van der Waals surface area contributed by atoms with Crippen molar-refractivity contribution in [3.63, 3.8) is 0 Å². The number of methoxy groups -OCH3 is 1. The van der Waals surface area contributed by atoms with Crippen LogP contribution in [0.5, 0.6) is 0 Å². The van der Waals surface area contributed by atoms with Crippen LogP contribution in [0.15, 0.2) is 42.7 Å². The lowest BCUT2D eigenvalue weighted by Crippen LogP contribution is -2.58. The predicted molar refractivity (Wildman–Crippen MR) is 114 cm³/mol. The van der Waals surface area contributed by atoms with Crippen LogP contribution in [0.1, 0.15) is 40.9 Å². The van der Waals surface area contributed by atoms with Crippen LogP contribution in [-0.2, 0) is 16.9 Å². The van der Waals surface area contributed by atoms with Crippen LogP contribution in [-0.4, -0.2) is 46.2 Å². The minimum atomic E-state index is -0.397. The summed E-state index contributed by atoms with van der Waals surface area (Å²) in [6.07, 6.45) is 7.03. The van der Waals surface area contributed by atoms with Crippen LogP contribution < -0.4 is 5.73 Å². The number of benzene rings is 1. The summed E-state index contributed by atoms with van der Waals surface area (Å²) in [5.74, 6) is 0.314. The van der Waals surface area contributed by atoms with Crippen LogP contribution in [0.3, 0.4) is 0 Å². The standard InChI is InChI=1S/C23H27N5O2/c1-30-23(16-5-2-4-15(10-16)22(24)29)17-6-3-7-18(23)13-28(12-17)14-21-19-8-9-25-11-20(19)26-27-21/h2,4-5,8-11,17-18H,3,6-7,12-14H2,1H3,(H2,24,29)(H,26,27). The van der Waals surface area contributed by atoms with Gasteiger partial charge in [-0.05, 0) is 36.6 Å². The maximum atomic E-state index is 11.8. The smallest absolute Gasteiger partial charge is 0.248 e. The second-order valence-electron chi connectivity index (χ2n) is 8.56. The van der Waals surface area contributed by atoms with E-state index in [-0.39, 0.29) is 5.60 Å². The third kappa shape index (κ3) is 3.00. The highest BCUT2D eigenvalue weighted by atomic mass is 16.5. The number of carbonyl (C=O) groups excluding carboxylic acids is 1. The van der Waals surface area contributed by atoms with E-state index in [0.29, 0.717) is 17.4 Å². The Kier molecular flexibility index (Phi) is 4.79. The zero-order valence-electron chi connectivity index (χ0n) is 17.2. The number of nitrogens with two attached hydrogens (primary N) is 1. The number of nitrogens with zero attached hydrogens (tertiary/aromatic N) is 3. The van der Waals surface area contributed by atoms with Crippen LogP contribution in [0.2, 0.25) is 0 Å². The highest BCUT2D eigenvalue weighted by Gasteiger charge is 2.53. The number of aromatic nitrogens is 3. The first-order valence-electron chi connectivity index (χ1n) is 10.6. The molecule has 156 valence electrons. The van der Waals surface area contributed by atoms with E-state index in [1.165, 1.54) is 6.42 Å². The third-order valence-electron chi connectivity index (χ3n) is 7.03. The fourth-order valence-electron chi connectivity index (χ4n) is 5.75. The molecule has 1 amide bonds. The van der Waals surface area contributed by atoms with Crippen molar-refractivity contribution in [1.29, 1.82) is 0 Å². The summed E-state index contributed by atoms with van der Waals surface area (Å²) in [7, 11) is 1.81. The van der Waals surface area contributed by atoms with Crippen molar-refractivity contribution in [2.75, 3.05) is 20.2 Å². The van der Waals surface area contributed by atoms with E-state index in [1.54, 1.807) is 12.3 Å². The van der Waals surface area contributed by atoms with E-state index in [1.807, 2.05) is 31.5 Å². The van der Waals surface area contributed by atoms with Crippen LogP contribution in [0, 0.1) is 11.8 Å². The molecule has 2 bridgehead atoms. The van der Waals surface area contributed by atoms with Gasteiger partial charge in [-0.3, -0.25) is 19.8 Å². The minimum absolute atomic E-state index is 0.356. The van der Waals surface area contributed by atoms with Gasteiger partial charge in [0.2, 0.25) is 5.91 Å². The molecular formula is C23H27N5O2. The average Bonchev–Trinajstić information content (AvgIpc) is 3.16. The van der Waals surface area contributed by atoms with Gasteiger partial charge < -0.3 is 10.5 Å². The lowest BCUT2D eigenvalue weighted by molar-refractivity contribution is -0.170. The van der Waals surface area contributed by atoms with Crippen molar-refractivity contribution >= 4 is 16.8 Å². The summed E-state index contributed by atoms with van der Waals surface area (Å²) >= 11 is 0. The Balaban J connectivity index is 1.45. The number of amides is 1. The van der Waals surface area contributed by atoms with Crippen molar-refractivity contribution in [2.24, 2.45) is 17.6 Å². The highest BCUT2D eigenvalue weighted by Crippen LogP contribution is 2.51. The Hall–Kier alpha value is -2.77. The molecule has 7 nitrogen and oxygen atoms in total. The maximum Gasteiger partial charge on any atom is 0.248 e. The van der Waals surface area contributed by atoms with Crippen LogP contribution in [0.4, 0.5) is 0 Å². The molecule has 5 rings (SSSR count). The molecule has 2 aromatic heterocycles. The first-order chi connectivity index (χ1) is 14.6. The molecule has 3 aromatic rings. The van der Waals surface area contributed by atoms with Crippen molar-refractivity contribution in [2.45, 2.75) is 31.4 Å². The Morgan fingerprint density at radius 3 is 2.83 bits per heavy atom. The quantitative estimate of drug-likeness (QED) is 0.680. The number of carbonyl (C=O) groups is 1. The number of fused-ring (bicyclic) bond motifs is 3. The molecule has 2 aliphatic rings. The van der Waals surface area contributed by atoms with E-state index in [4.69, 9.17) is 10.5 Å². The van der Waals surface area contributed by atoms with E-state index in [9.17, 15) is 4.79 Å². The number of piperidine rings is 1. The Labute approximate surface area is 175 Å². The molecule has 3 heterocycles. The molecule has 1 saturated heterocycles. The van der Waals surface area contributed by atoms with E-state index in [0.717, 1.165) is 54.6 Å². The second-order valence-corrected chi connectivity index (χ2v) is 8.56. The summed E-state index contributed by atoms with van der Waals surface area (Å²) in [5.41, 5.74) is 8.83. The van der Waals surface area contributed by atoms with Gasteiger partial charge in [0.1, 0.15) is 11.1 Å². The Bertz CT molecular complexity index is 1060. The number of aromatic amines is 1. The van der Waals surface area contributed by atoms with E-state index >= 15 is 0 Å². The molecule has 1 saturated carbocycles. The number of hydrogen-bond donors (Lipinski definition) is 2. The molecule has 30 heavy (non-hydrogen) atoms. The molecule has 0 radical (unpaired) electrons. The number of hydrogen-bond acceptors (Lipinski definition) is 5. The summed E-state index contributed by atoms with van der Waals surface area (Å²) in [5, 5.41) is 8.72. The third-order valence-corrected chi connectivity index (χ3v) is 7.03. The molecule has 0 spiro atoms. The molecule has 2 fully saturated rings.